The van der Waals surface area contributed by atoms with Crippen molar-refractivity contribution in [3.8, 4) is 0 Å². The number of amides is 1. The van der Waals surface area contributed by atoms with Gasteiger partial charge in [-0.05, 0) is 37.5 Å². The minimum absolute atomic E-state index is 0.0438. The van der Waals surface area contributed by atoms with E-state index in [-0.39, 0.29) is 11.9 Å². The van der Waals surface area contributed by atoms with Gasteiger partial charge in [-0.3, -0.25) is 4.79 Å². The van der Waals surface area contributed by atoms with Gasteiger partial charge in [0.2, 0.25) is 5.91 Å². The van der Waals surface area contributed by atoms with Gasteiger partial charge in [0.25, 0.3) is 0 Å². The molecule has 1 saturated carbocycles. The van der Waals surface area contributed by atoms with Gasteiger partial charge in [0.1, 0.15) is 0 Å². The molecule has 0 bridgehead atoms. The maximum Gasteiger partial charge on any atom is 0.221 e. The van der Waals surface area contributed by atoms with Gasteiger partial charge >= 0.3 is 0 Å². The van der Waals surface area contributed by atoms with E-state index in [9.17, 15) is 4.79 Å². The maximum atomic E-state index is 11.0. The lowest BCUT2D eigenvalue weighted by molar-refractivity contribution is -0.114. The number of rotatable bonds is 4. The number of benzene rings is 1. The van der Waals surface area contributed by atoms with E-state index in [0.717, 1.165) is 18.5 Å². The fourth-order valence-electron chi connectivity index (χ4n) is 2.34. The Bertz CT molecular complexity index is 427. The van der Waals surface area contributed by atoms with E-state index in [1.165, 1.54) is 12.5 Å². The summed E-state index contributed by atoms with van der Waals surface area (Å²) in [5.74, 6) is -0.0438. The highest BCUT2D eigenvalue weighted by Gasteiger charge is 2.26. The van der Waals surface area contributed by atoms with E-state index in [1.54, 1.807) is 0 Å². The molecule has 18 heavy (non-hydrogen) atoms. The summed E-state index contributed by atoms with van der Waals surface area (Å²) >= 11 is 0. The molecule has 0 spiro atoms. The molecule has 0 saturated heterocycles. The summed E-state index contributed by atoms with van der Waals surface area (Å²) in [6.07, 6.45) is 2.10. The topological polar surface area (TPSA) is 67.2 Å². The molecule has 0 heterocycles. The van der Waals surface area contributed by atoms with Gasteiger partial charge < -0.3 is 16.4 Å². The fourth-order valence-corrected chi connectivity index (χ4v) is 2.34. The highest BCUT2D eigenvalue weighted by molar-refractivity contribution is 5.88. The average Bonchev–Trinajstić information content (AvgIpc) is 2.26. The highest BCUT2D eigenvalue weighted by Crippen LogP contribution is 2.23. The van der Waals surface area contributed by atoms with Crippen LogP contribution in [0.1, 0.15) is 38.3 Å². The molecule has 4 nitrogen and oxygen atoms in total. The second kappa shape index (κ2) is 5.50. The first-order valence-corrected chi connectivity index (χ1v) is 6.44. The Kier molecular flexibility index (Phi) is 3.99. The Morgan fingerprint density at radius 3 is 2.78 bits per heavy atom. The van der Waals surface area contributed by atoms with Gasteiger partial charge in [0.15, 0.2) is 0 Å². The van der Waals surface area contributed by atoms with Crippen LogP contribution >= 0.6 is 0 Å². The van der Waals surface area contributed by atoms with Crippen molar-refractivity contribution < 1.29 is 4.79 Å². The van der Waals surface area contributed by atoms with Crippen molar-refractivity contribution in [3.05, 3.63) is 29.8 Å². The predicted octanol–water partition coefficient (Wildman–Crippen LogP) is 1.79. The average molecular weight is 247 g/mol. The SMILES string of the molecule is CC(=O)Nc1cccc(C(C)NC2CC(N)C2)c1. The summed E-state index contributed by atoms with van der Waals surface area (Å²) in [5.41, 5.74) is 7.80. The van der Waals surface area contributed by atoms with Crippen LogP contribution in [0.25, 0.3) is 0 Å². The van der Waals surface area contributed by atoms with Crippen LogP contribution in [0.15, 0.2) is 24.3 Å². The molecule has 1 fully saturated rings. The number of carbonyl (C=O) groups excluding carboxylic acids is 1. The highest BCUT2D eigenvalue weighted by atomic mass is 16.1. The molecule has 1 aliphatic rings. The van der Waals surface area contributed by atoms with Crippen molar-refractivity contribution in [3.63, 3.8) is 0 Å². The van der Waals surface area contributed by atoms with Gasteiger partial charge in [0.05, 0.1) is 0 Å². The summed E-state index contributed by atoms with van der Waals surface area (Å²) in [6, 6.07) is 9.11. The van der Waals surface area contributed by atoms with Crippen molar-refractivity contribution in [1.82, 2.24) is 5.32 Å². The largest absolute Gasteiger partial charge is 0.328 e. The number of carbonyl (C=O) groups is 1. The van der Waals surface area contributed by atoms with Crippen LogP contribution in [0.3, 0.4) is 0 Å². The Labute approximate surface area is 108 Å². The number of nitrogens with one attached hydrogen (secondary N) is 2. The quantitative estimate of drug-likeness (QED) is 0.760. The summed E-state index contributed by atoms with van der Waals surface area (Å²) < 4.78 is 0. The third kappa shape index (κ3) is 3.31. The lowest BCUT2D eigenvalue weighted by Gasteiger charge is -2.35. The second-order valence-corrected chi connectivity index (χ2v) is 5.12. The van der Waals surface area contributed by atoms with Crippen molar-refractivity contribution in [2.45, 2.75) is 44.8 Å². The molecule has 1 amide bonds. The standard InChI is InChI=1S/C14H21N3O/c1-9(16-14-7-12(15)8-14)11-4-3-5-13(6-11)17-10(2)18/h3-6,9,12,14,16H,7-8,15H2,1-2H3,(H,17,18). The lowest BCUT2D eigenvalue weighted by atomic mass is 9.87. The van der Waals surface area contributed by atoms with Crippen LogP contribution in [-0.2, 0) is 4.79 Å². The van der Waals surface area contributed by atoms with Crippen molar-refractivity contribution in [2.75, 3.05) is 5.32 Å². The van der Waals surface area contributed by atoms with Crippen LogP contribution in [0.4, 0.5) is 5.69 Å². The Balaban J connectivity index is 1.96. The Morgan fingerprint density at radius 1 is 1.44 bits per heavy atom. The molecule has 1 aromatic carbocycles. The number of anilines is 1. The van der Waals surface area contributed by atoms with E-state index >= 15 is 0 Å². The number of hydrogen-bond donors (Lipinski definition) is 3. The van der Waals surface area contributed by atoms with Gasteiger partial charge in [-0.25, -0.2) is 0 Å². The normalized spacial score (nSPS) is 24.2. The zero-order chi connectivity index (χ0) is 13.1. The summed E-state index contributed by atoms with van der Waals surface area (Å²) in [4.78, 5) is 11.0. The minimum Gasteiger partial charge on any atom is -0.328 e. The first kappa shape index (κ1) is 13.1. The molecule has 1 atom stereocenters. The van der Waals surface area contributed by atoms with Gasteiger partial charge in [0, 0.05) is 30.7 Å². The Morgan fingerprint density at radius 2 is 2.17 bits per heavy atom. The monoisotopic (exact) mass is 247 g/mol. The third-order valence-electron chi connectivity index (χ3n) is 3.37. The third-order valence-corrected chi connectivity index (χ3v) is 3.37. The van der Waals surface area contributed by atoms with Crippen molar-refractivity contribution in [2.24, 2.45) is 5.73 Å². The molecule has 1 aromatic rings. The zero-order valence-electron chi connectivity index (χ0n) is 10.9. The molecule has 2 rings (SSSR count). The minimum atomic E-state index is -0.0438. The van der Waals surface area contributed by atoms with E-state index in [4.69, 9.17) is 5.73 Å². The van der Waals surface area contributed by atoms with Gasteiger partial charge in [-0.2, -0.15) is 0 Å². The lowest BCUT2D eigenvalue weighted by Crippen LogP contribution is -2.49. The summed E-state index contributed by atoms with van der Waals surface area (Å²) in [5, 5.41) is 6.35. The number of nitrogens with two attached hydrogens (primary N) is 1. The van der Waals surface area contributed by atoms with Crippen LogP contribution in [0.2, 0.25) is 0 Å². The fraction of sp³-hybridized carbons (Fsp3) is 0.500. The van der Waals surface area contributed by atoms with E-state index < -0.39 is 0 Å². The van der Waals surface area contributed by atoms with E-state index in [1.807, 2.05) is 18.2 Å². The van der Waals surface area contributed by atoms with Crippen molar-refractivity contribution >= 4 is 11.6 Å². The molecule has 1 unspecified atom stereocenters. The van der Waals surface area contributed by atoms with E-state index in [2.05, 4.69) is 23.6 Å². The molecular formula is C14H21N3O. The smallest absolute Gasteiger partial charge is 0.221 e. The molecule has 1 aliphatic carbocycles. The molecular weight excluding hydrogens is 226 g/mol. The van der Waals surface area contributed by atoms with E-state index in [0.29, 0.717) is 12.1 Å². The van der Waals surface area contributed by atoms with Crippen LogP contribution in [-0.4, -0.2) is 18.0 Å². The number of hydrogen-bond acceptors (Lipinski definition) is 3. The Hall–Kier alpha value is -1.39. The molecule has 0 aromatic heterocycles. The van der Waals surface area contributed by atoms with Crippen LogP contribution < -0.4 is 16.4 Å². The molecule has 0 radical (unpaired) electrons. The van der Waals surface area contributed by atoms with Gasteiger partial charge in [-0.1, -0.05) is 12.1 Å². The first-order valence-electron chi connectivity index (χ1n) is 6.44. The second-order valence-electron chi connectivity index (χ2n) is 5.12. The van der Waals surface area contributed by atoms with Crippen LogP contribution in [0, 0.1) is 0 Å². The molecule has 98 valence electrons. The molecule has 0 aliphatic heterocycles. The zero-order valence-corrected chi connectivity index (χ0v) is 10.9. The van der Waals surface area contributed by atoms with Crippen LogP contribution in [0.5, 0.6) is 0 Å². The first-order chi connectivity index (χ1) is 8.54. The summed E-state index contributed by atoms with van der Waals surface area (Å²) in [6.45, 7) is 3.65. The predicted molar refractivity (Wildman–Crippen MR) is 73.3 cm³/mol. The van der Waals surface area contributed by atoms with Crippen molar-refractivity contribution in [1.29, 1.82) is 0 Å². The molecule has 4 heteroatoms. The maximum absolute atomic E-state index is 11.0. The molecule has 4 N–H and O–H groups in total. The van der Waals surface area contributed by atoms with Gasteiger partial charge in [-0.15, -0.1) is 0 Å². The summed E-state index contributed by atoms with van der Waals surface area (Å²) in [7, 11) is 0.